The van der Waals surface area contributed by atoms with Gasteiger partial charge in [0.1, 0.15) is 0 Å². The lowest BCUT2D eigenvalue weighted by Crippen LogP contribution is -2.48. The van der Waals surface area contributed by atoms with E-state index in [0.29, 0.717) is 21.8 Å². The van der Waals surface area contributed by atoms with Crippen LogP contribution in [0.25, 0.3) is 5.69 Å². The lowest BCUT2D eigenvalue weighted by molar-refractivity contribution is 0.0892. The molecule has 2 amide bonds. The summed E-state index contributed by atoms with van der Waals surface area (Å²) in [6.07, 6.45) is 4.20. The Bertz CT molecular complexity index is 1160. The van der Waals surface area contributed by atoms with Crippen LogP contribution in [0.1, 0.15) is 40.0 Å². The van der Waals surface area contributed by atoms with Crippen LogP contribution in [-0.4, -0.2) is 28.5 Å². The fraction of sp³-hybridized carbons (Fsp3) is 0.208. The van der Waals surface area contributed by atoms with E-state index in [1.165, 1.54) is 10.6 Å². The molecule has 31 heavy (non-hydrogen) atoms. The second-order valence-corrected chi connectivity index (χ2v) is 7.99. The molecule has 1 aromatic heterocycles. The number of carbonyl (C=O) groups excluding carboxylic acids is 2. The average Bonchev–Trinajstić information content (AvgIpc) is 3.20. The molecular weight excluding hydrogens is 414 g/mol. The standard InChI is InChI=1S/C24H22ClN3O3/c25-18-6-3-5-17(15-18)24(31)27-21-8-4-7-20(21)26-23(30)16-10-12-19(13-11-16)28-14-2-1-9-22(28)29/h1-3,5-6,9-15,20-21H,4,7-8H2,(H,26,30)(H,27,31)/t20?,21-/m1/s1. The van der Waals surface area contributed by atoms with Crippen LogP contribution >= 0.6 is 11.6 Å². The number of carbonyl (C=O) groups is 2. The average molecular weight is 436 g/mol. The van der Waals surface area contributed by atoms with Crippen LogP contribution in [0, 0.1) is 0 Å². The molecule has 4 rings (SSSR count). The van der Waals surface area contributed by atoms with E-state index in [9.17, 15) is 14.4 Å². The van der Waals surface area contributed by atoms with Crippen LogP contribution < -0.4 is 16.2 Å². The minimum absolute atomic E-state index is 0.135. The molecular formula is C24H22ClN3O3. The summed E-state index contributed by atoms with van der Waals surface area (Å²) in [5, 5.41) is 6.56. The first kappa shape index (κ1) is 20.9. The number of halogens is 1. The fourth-order valence-corrected chi connectivity index (χ4v) is 4.04. The van der Waals surface area contributed by atoms with E-state index in [2.05, 4.69) is 10.6 Å². The molecule has 6 nitrogen and oxygen atoms in total. The molecule has 1 fully saturated rings. The molecule has 1 aliphatic rings. The van der Waals surface area contributed by atoms with Gasteiger partial charge in [0.15, 0.2) is 0 Å². The van der Waals surface area contributed by atoms with E-state index < -0.39 is 0 Å². The minimum Gasteiger partial charge on any atom is -0.347 e. The Morgan fingerprint density at radius 2 is 1.52 bits per heavy atom. The molecule has 3 aromatic rings. The van der Waals surface area contributed by atoms with Crippen LogP contribution in [0.3, 0.4) is 0 Å². The van der Waals surface area contributed by atoms with Crippen molar-refractivity contribution in [1.29, 1.82) is 0 Å². The third kappa shape index (κ3) is 4.86. The number of hydrogen-bond acceptors (Lipinski definition) is 3. The third-order valence-corrected chi connectivity index (χ3v) is 5.70. The highest BCUT2D eigenvalue weighted by molar-refractivity contribution is 6.30. The molecule has 7 heteroatoms. The zero-order chi connectivity index (χ0) is 21.8. The summed E-state index contributed by atoms with van der Waals surface area (Å²) in [5.74, 6) is -0.410. The Labute approximate surface area is 184 Å². The van der Waals surface area contributed by atoms with Crippen molar-refractivity contribution in [2.24, 2.45) is 0 Å². The van der Waals surface area contributed by atoms with Crippen molar-refractivity contribution in [2.45, 2.75) is 31.3 Å². The van der Waals surface area contributed by atoms with Gasteiger partial charge in [-0.2, -0.15) is 0 Å². The number of benzene rings is 2. The maximum absolute atomic E-state index is 12.8. The lowest BCUT2D eigenvalue weighted by Gasteiger charge is -2.22. The zero-order valence-corrected chi connectivity index (χ0v) is 17.5. The maximum atomic E-state index is 12.8. The molecule has 1 heterocycles. The van der Waals surface area contributed by atoms with Gasteiger partial charge in [0.25, 0.3) is 17.4 Å². The van der Waals surface area contributed by atoms with Crippen LogP contribution in [0.5, 0.6) is 0 Å². The predicted molar refractivity (Wildman–Crippen MR) is 120 cm³/mol. The maximum Gasteiger partial charge on any atom is 0.255 e. The smallest absolute Gasteiger partial charge is 0.255 e. The van der Waals surface area contributed by atoms with Gasteiger partial charge in [0.05, 0.1) is 0 Å². The van der Waals surface area contributed by atoms with Gasteiger partial charge in [-0.05, 0) is 67.8 Å². The van der Waals surface area contributed by atoms with Gasteiger partial charge < -0.3 is 10.6 Å². The number of nitrogens with one attached hydrogen (secondary N) is 2. The van der Waals surface area contributed by atoms with E-state index in [1.54, 1.807) is 66.9 Å². The molecule has 2 atom stereocenters. The molecule has 2 aromatic carbocycles. The highest BCUT2D eigenvalue weighted by Crippen LogP contribution is 2.21. The van der Waals surface area contributed by atoms with Crippen LogP contribution in [-0.2, 0) is 0 Å². The van der Waals surface area contributed by atoms with Crippen molar-refractivity contribution >= 4 is 23.4 Å². The number of amides is 2. The van der Waals surface area contributed by atoms with Crippen LogP contribution in [0.15, 0.2) is 77.7 Å². The monoisotopic (exact) mass is 435 g/mol. The molecule has 158 valence electrons. The van der Waals surface area contributed by atoms with Crippen LogP contribution in [0.2, 0.25) is 5.02 Å². The molecule has 0 aliphatic heterocycles. The summed E-state index contributed by atoms with van der Waals surface area (Å²) in [6.45, 7) is 0. The molecule has 0 saturated heterocycles. The number of nitrogens with zero attached hydrogens (tertiary/aromatic N) is 1. The number of hydrogen-bond donors (Lipinski definition) is 2. The van der Waals surface area contributed by atoms with Gasteiger partial charge in [-0.1, -0.05) is 23.7 Å². The molecule has 0 spiro atoms. The van der Waals surface area contributed by atoms with Crippen LogP contribution in [0.4, 0.5) is 0 Å². The van der Waals surface area contributed by atoms with Gasteiger partial charge in [0, 0.05) is 46.2 Å². The van der Waals surface area contributed by atoms with Crippen molar-refractivity contribution in [1.82, 2.24) is 15.2 Å². The molecule has 1 aliphatic carbocycles. The SMILES string of the molecule is O=C(NC1CCC[C@H]1NC(=O)c1cccc(Cl)c1)c1ccc(-n2ccccc2=O)cc1. The summed E-state index contributed by atoms with van der Waals surface area (Å²) < 4.78 is 1.51. The topological polar surface area (TPSA) is 80.2 Å². The molecule has 2 N–H and O–H groups in total. The van der Waals surface area contributed by atoms with Crippen molar-refractivity contribution in [3.8, 4) is 5.69 Å². The van der Waals surface area contributed by atoms with Crippen molar-refractivity contribution in [3.05, 3.63) is 99.4 Å². The van der Waals surface area contributed by atoms with Gasteiger partial charge in [-0.3, -0.25) is 19.0 Å². The summed E-state index contributed by atoms with van der Waals surface area (Å²) in [5.41, 5.74) is 1.55. The van der Waals surface area contributed by atoms with Crippen molar-refractivity contribution < 1.29 is 9.59 Å². The number of rotatable bonds is 5. The van der Waals surface area contributed by atoms with E-state index in [4.69, 9.17) is 11.6 Å². The van der Waals surface area contributed by atoms with Crippen molar-refractivity contribution in [3.63, 3.8) is 0 Å². The van der Waals surface area contributed by atoms with E-state index in [-0.39, 0.29) is 29.5 Å². The molecule has 1 unspecified atom stereocenters. The van der Waals surface area contributed by atoms with E-state index in [1.807, 2.05) is 0 Å². The number of pyridine rings is 1. The first-order chi connectivity index (χ1) is 15.0. The number of aromatic nitrogens is 1. The first-order valence-corrected chi connectivity index (χ1v) is 10.5. The largest absolute Gasteiger partial charge is 0.347 e. The second-order valence-electron chi connectivity index (χ2n) is 7.56. The Hall–Kier alpha value is -3.38. The molecule has 0 bridgehead atoms. The Morgan fingerprint density at radius 1 is 0.839 bits per heavy atom. The Morgan fingerprint density at radius 3 is 2.16 bits per heavy atom. The lowest BCUT2D eigenvalue weighted by atomic mass is 10.1. The Balaban J connectivity index is 1.41. The third-order valence-electron chi connectivity index (χ3n) is 5.47. The van der Waals surface area contributed by atoms with Gasteiger partial charge in [0.2, 0.25) is 0 Å². The van der Waals surface area contributed by atoms with Gasteiger partial charge in [-0.25, -0.2) is 0 Å². The summed E-state index contributed by atoms with van der Waals surface area (Å²) >= 11 is 5.97. The second kappa shape index (κ2) is 9.18. The molecule has 1 saturated carbocycles. The summed E-state index contributed by atoms with van der Waals surface area (Å²) in [7, 11) is 0. The quantitative estimate of drug-likeness (QED) is 0.643. The fourth-order valence-electron chi connectivity index (χ4n) is 3.85. The highest BCUT2D eigenvalue weighted by atomic mass is 35.5. The molecule has 0 radical (unpaired) electrons. The summed E-state index contributed by atoms with van der Waals surface area (Å²) in [6, 6.07) is 18.3. The predicted octanol–water partition coefficient (Wildman–Crippen LogP) is 3.57. The normalized spacial score (nSPS) is 17.8. The minimum atomic E-state index is -0.208. The highest BCUT2D eigenvalue weighted by Gasteiger charge is 2.30. The summed E-state index contributed by atoms with van der Waals surface area (Å²) in [4.78, 5) is 37.3. The van der Waals surface area contributed by atoms with E-state index >= 15 is 0 Å². The van der Waals surface area contributed by atoms with Gasteiger partial charge in [-0.15, -0.1) is 0 Å². The Kier molecular flexibility index (Phi) is 6.18. The van der Waals surface area contributed by atoms with E-state index in [0.717, 1.165) is 19.3 Å². The van der Waals surface area contributed by atoms with Gasteiger partial charge >= 0.3 is 0 Å². The zero-order valence-electron chi connectivity index (χ0n) is 16.8. The van der Waals surface area contributed by atoms with Crippen molar-refractivity contribution in [2.75, 3.05) is 0 Å². The first-order valence-electron chi connectivity index (χ1n) is 10.2.